The first kappa shape index (κ1) is 29.6. The van der Waals surface area contributed by atoms with Crippen LogP contribution in [0, 0.1) is 0 Å². The number of nitrogens with two attached hydrogens (primary N) is 2. The van der Waals surface area contributed by atoms with E-state index in [2.05, 4.69) is 10.3 Å². The predicted molar refractivity (Wildman–Crippen MR) is 123 cm³/mol. The molecule has 5 N–H and O–H groups in total. The number of nitrogens with one attached hydrogen (secondary N) is 1. The van der Waals surface area contributed by atoms with Gasteiger partial charge in [0.2, 0.25) is 0 Å². The van der Waals surface area contributed by atoms with Crippen LogP contribution in [-0.4, -0.2) is 62.3 Å². The SMILES string of the molecule is CCCCOC(=O)CC(NC(N)=NCCC[C@H](N)C(=O)OCCCC)C(=O)OCCCC. The highest BCUT2D eigenvalue weighted by Gasteiger charge is 2.25. The van der Waals surface area contributed by atoms with Gasteiger partial charge in [-0.15, -0.1) is 0 Å². The lowest BCUT2D eigenvalue weighted by Crippen LogP contribution is -2.47. The Hall–Kier alpha value is -2.36. The van der Waals surface area contributed by atoms with E-state index in [0.29, 0.717) is 32.6 Å². The molecule has 0 heterocycles. The van der Waals surface area contributed by atoms with Crippen molar-refractivity contribution in [2.45, 2.75) is 90.6 Å². The largest absolute Gasteiger partial charge is 0.466 e. The predicted octanol–water partition coefficient (Wildman–Crippen LogP) is 1.79. The highest BCUT2D eigenvalue weighted by atomic mass is 16.5. The summed E-state index contributed by atoms with van der Waals surface area (Å²) in [5.41, 5.74) is 11.7. The van der Waals surface area contributed by atoms with Crippen LogP contribution in [0.15, 0.2) is 4.99 Å². The zero-order valence-corrected chi connectivity index (χ0v) is 19.9. The monoisotopic (exact) mass is 458 g/mol. The summed E-state index contributed by atoms with van der Waals surface area (Å²) in [6, 6.07) is -1.70. The van der Waals surface area contributed by atoms with Crippen molar-refractivity contribution in [2.75, 3.05) is 26.4 Å². The fourth-order valence-corrected chi connectivity index (χ4v) is 2.44. The summed E-state index contributed by atoms with van der Waals surface area (Å²) < 4.78 is 15.4. The summed E-state index contributed by atoms with van der Waals surface area (Å²) in [7, 11) is 0. The molecule has 0 aliphatic rings. The summed E-state index contributed by atoms with van der Waals surface area (Å²) in [6.07, 6.45) is 5.69. The molecule has 0 bridgehead atoms. The molecule has 0 aliphatic heterocycles. The van der Waals surface area contributed by atoms with Crippen LogP contribution in [0.5, 0.6) is 0 Å². The highest BCUT2D eigenvalue weighted by Crippen LogP contribution is 2.03. The smallest absolute Gasteiger partial charge is 0.329 e. The highest BCUT2D eigenvalue weighted by molar-refractivity contribution is 5.88. The number of esters is 3. The van der Waals surface area contributed by atoms with E-state index in [-0.39, 0.29) is 19.0 Å². The van der Waals surface area contributed by atoms with Gasteiger partial charge in [-0.25, -0.2) is 4.79 Å². The molecule has 0 amide bonds. The maximum Gasteiger partial charge on any atom is 0.329 e. The molecule has 2 atom stereocenters. The molecule has 10 nitrogen and oxygen atoms in total. The van der Waals surface area contributed by atoms with Crippen LogP contribution in [-0.2, 0) is 28.6 Å². The Morgan fingerprint density at radius 1 is 0.844 bits per heavy atom. The van der Waals surface area contributed by atoms with Crippen LogP contribution in [0.25, 0.3) is 0 Å². The van der Waals surface area contributed by atoms with Crippen molar-refractivity contribution in [3.05, 3.63) is 0 Å². The van der Waals surface area contributed by atoms with Crippen LogP contribution in [0.2, 0.25) is 0 Å². The molecule has 0 saturated heterocycles. The van der Waals surface area contributed by atoms with Crippen molar-refractivity contribution in [3.8, 4) is 0 Å². The number of hydrogen-bond acceptors (Lipinski definition) is 8. The van der Waals surface area contributed by atoms with Gasteiger partial charge >= 0.3 is 17.9 Å². The first-order valence-electron chi connectivity index (χ1n) is 11.7. The Morgan fingerprint density at radius 2 is 1.38 bits per heavy atom. The third-order valence-corrected chi connectivity index (χ3v) is 4.48. The molecule has 0 radical (unpaired) electrons. The first-order valence-corrected chi connectivity index (χ1v) is 11.7. The van der Waals surface area contributed by atoms with Gasteiger partial charge in [0.1, 0.15) is 12.1 Å². The van der Waals surface area contributed by atoms with Crippen molar-refractivity contribution >= 4 is 23.9 Å². The van der Waals surface area contributed by atoms with Gasteiger partial charge in [0.05, 0.1) is 26.2 Å². The average molecular weight is 459 g/mol. The quantitative estimate of drug-likeness (QED) is 0.0916. The molecule has 1 unspecified atom stereocenters. The van der Waals surface area contributed by atoms with Gasteiger partial charge in [0.15, 0.2) is 5.96 Å². The second-order valence-electron chi connectivity index (χ2n) is 7.53. The first-order chi connectivity index (χ1) is 15.3. The standard InChI is InChI=1S/C22H42N4O6/c1-4-7-13-30-19(27)16-18(21(29)32-15-9-6-3)26-22(24)25-12-10-11-17(23)20(28)31-14-8-5-2/h17-18H,4-16,23H2,1-3H3,(H3,24,25,26)/t17-,18?/m0/s1. The van der Waals surface area contributed by atoms with Crippen LogP contribution >= 0.6 is 0 Å². The topological polar surface area (TPSA) is 155 Å². The van der Waals surface area contributed by atoms with E-state index in [4.69, 9.17) is 25.7 Å². The lowest BCUT2D eigenvalue weighted by atomic mass is 10.2. The van der Waals surface area contributed by atoms with Gasteiger partial charge in [-0.05, 0) is 32.1 Å². The van der Waals surface area contributed by atoms with E-state index in [0.717, 1.165) is 38.5 Å². The summed E-state index contributed by atoms with van der Waals surface area (Å²) in [6.45, 7) is 7.22. The van der Waals surface area contributed by atoms with E-state index in [1.54, 1.807) is 0 Å². The van der Waals surface area contributed by atoms with Gasteiger partial charge < -0.3 is 31.0 Å². The van der Waals surface area contributed by atoms with Gasteiger partial charge in [-0.1, -0.05) is 40.0 Å². The number of nitrogens with zero attached hydrogens (tertiary/aromatic N) is 1. The molecule has 0 aromatic carbocycles. The van der Waals surface area contributed by atoms with Crippen molar-refractivity contribution in [1.29, 1.82) is 0 Å². The van der Waals surface area contributed by atoms with Crippen molar-refractivity contribution in [3.63, 3.8) is 0 Å². The molecule has 10 heteroatoms. The summed E-state index contributed by atoms with van der Waals surface area (Å²) in [5, 5.41) is 2.74. The number of rotatable bonds is 18. The number of hydrogen-bond donors (Lipinski definition) is 3. The lowest BCUT2D eigenvalue weighted by molar-refractivity contribution is -0.152. The van der Waals surface area contributed by atoms with Gasteiger partial charge in [-0.2, -0.15) is 0 Å². The lowest BCUT2D eigenvalue weighted by Gasteiger charge is -2.18. The zero-order chi connectivity index (χ0) is 24.2. The number of unbranched alkanes of at least 4 members (excludes halogenated alkanes) is 3. The summed E-state index contributed by atoms with van der Waals surface area (Å²) >= 11 is 0. The normalized spacial score (nSPS) is 13.2. The molecule has 0 rings (SSSR count). The number of guanidine groups is 1. The minimum Gasteiger partial charge on any atom is -0.466 e. The van der Waals surface area contributed by atoms with Gasteiger partial charge in [-0.3, -0.25) is 14.6 Å². The molecular weight excluding hydrogens is 416 g/mol. The van der Waals surface area contributed by atoms with Crippen LogP contribution < -0.4 is 16.8 Å². The number of aliphatic imine (C=N–C) groups is 1. The Balaban J connectivity index is 4.60. The van der Waals surface area contributed by atoms with E-state index in [1.807, 2.05) is 20.8 Å². The molecule has 0 aliphatic carbocycles. The minimum absolute atomic E-state index is 0.00268. The van der Waals surface area contributed by atoms with E-state index in [9.17, 15) is 14.4 Å². The summed E-state index contributed by atoms with van der Waals surface area (Å²) in [4.78, 5) is 40.3. The molecule has 186 valence electrons. The summed E-state index contributed by atoms with van der Waals surface area (Å²) in [5.74, 6) is -1.52. The van der Waals surface area contributed by atoms with Gasteiger partial charge in [0, 0.05) is 6.54 Å². The second kappa shape index (κ2) is 19.3. The van der Waals surface area contributed by atoms with E-state index < -0.39 is 30.0 Å². The van der Waals surface area contributed by atoms with Crippen LogP contribution in [0.1, 0.15) is 78.6 Å². The third kappa shape index (κ3) is 15.4. The Kier molecular flexibility index (Phi) is 17.9. The van der Waals surface area contributed by atoms with E-state index in [1.165, 1.54) is 0 Å². The number of ether oxygens (including phenoxy) is 3. The molecular formula is C22H42N4O6. The van der Waals surface area contributed by atoms with Crippen molar-refractivity contribution < 1.29 is 28.6 Å². The molecule has 0 aromatic heterocycles. The Bertz CT molecular complexity index is 571. The number of carbonyl (C=O) groups is 3. The zero-order valence-electron chi connectivity index (χ0n) is 19.9. The van der Waals surface area contributed by atoms with Crippen LogP contribution in [0.4, 0.5) is 0 Å². The fourth-order valence-electron chi connectivity index (χ4n) is 2.44. The molecule has 0 saturated carbocycles. The van der Waals surface area contributed by atoms with Gasteiger partial charge in [0.25, 0.3) is 0 Å². The maximum atomic E-state index is 12.4. The molecule has 0 aromatic rings. The Labute approximate surface area is 191 Å². The fraction of sp³-hybridized carbons (Fsp3) is 0.818. The molecule has 0 spiro atoms. The molecule has 0 fully saturated rings. The van der Waals surface area contributed by atoms with E-state index >= 15 is 0 Å². The minimum atomic E-state index is -0.986. The van der Waals surface area contributed by atoms with Crippen molar-refractivity contribution in [2.24, 2.45) is 16.5 Å². The Morgan fingerprint density at radius 3 is 1.94 bits per heavy atom. The molecule has 32 heavy (non-hydrogen) atoms. The van der Waals surface area contributed by atoms with Crippen LogP contribution in [0.3, 0.4) is 0 Å². The number of carbonyl (C=O) groups excluding carboxylic acids is 3. The van der Waals surface area contributed by atoms with Crippen molar-refractivity contribution in [1.82, 2.24) is 5.32 Å². The second-order valence-corrected chi connectivity index (χ2v) is 7.53. The third-order valence-electron chi connectivity index (χ3n) is 4.48. The maximum absolute atomic E-state index is 12.4. The average Bonchev–Trinajstić information content (AvgIpc) is 2.76.